The number of hydrogen-bond donors (Lipinski definition) is 1. The van der Waals surface area contributed by atoms with Gasteiger partial charge in [0.05, 0.1) is 33.5 Å². The molecule has 0 saturated heterocycles. The normalized spacial score (nSPS) is 12.7. The summed E-state index contributed by atoms with van der Waals surface area (Å²) >= 11 is 0. The quantitative estimate of drug-likeness (QED) is 0.169. The average Bonchev–Trinajstić information content (AvgIpc) is 3.89. The van der Waals surface area contributed by atoms with Crippen LogP contribution in [0.3, 0.4) is 0 Å². The first-order valence-corrected chi connectivity index (χ1v) is 23.8. The molecule has 0 bridgehead atoms. The van der Waals surface area contributed by atoms with Gasteiger partial charge in [-0.05, 0) is 110 Å². The van der Waals surface area contributed by atoms with Crippen molar-refractivity contribution in [1.82, 2.24) is 14.5 Å². The molecule has 8 aromatic carbocycles. The Bertz CT molecular complexity index is 3750. The van der Waals surface area contributed by atoms with Crippen LogP contribution in [0.2, 0.25) is 0 Å². The number of nitrogens with zero attached hydrogens (tertiary/aromatic N) is 3. The number of para-hydroxylation sites is 2. The van der Waals surface area contributed by atoms with Crippen LogP contribution in [-0.4, -0.2) is 19.6 Å². The van der Waals surface area contributed by atoms with E-state index in [0.717, 1.165) is 99.1 Å². The molecule has 0 spiro atoms. The van der Waals surface area contributed by atoms with E-state index in [1.165, 1.54) is 22.3 Å². The van der Waals surface area contributed by atoms with Gasteiger partial charge in [0.1, 0.15) is 22.7 Å². The number of pyridine rings is 1. The molecule has 0 aliphatic carbocycles. The molecule has 0 atom stereocenters. The second-order valence-electron chi connectivity index (χ2n) is 21.1. The van der Waals surface area contributed by atoms with E-state index in [2.05, 4.69) is 207 Å². The lowest BCUT2D eigenvalue weighted by atomic mass is 9.78. The Labute approximate surface area is 392 Å². The zero-order chi connectivity index (χ0) is 46.7. The van der Waals surface area contributed by atoms with Gasteiger partial charge in [0.15, 0.2) is 0 Å². The first-order chi connectivity index (χ1) is 32.1. The summed E-state index contributed by atoms with van der Waals surface area (Å²) in [7, 11) is 0. The molecule has 0 saturated carbocycles. The van der Waals surface area contributed by atoms with Crippen molar-refractivity contribution in [2.24, 2.45) is 0 Å². The molecule has 0 fully saturated rings. The number of hydrogen-bond acceptors (Lipinski definition) is 4. The average molecular weight is 876 g/mol. The van der Waals surface area contributed by atoms with Gasteiger partial charge < -0.3 is 9.52 Å². The van der Waals surface area contributed by atoms with Crippen LogP contribution in [0.25, 0.3) is 105 Å². The molecule has 3 aromatic heterocycles. The van der Waals surface area contributed by atoms with Crippen LogP contribution in [0.15, 0.2) is 150 Å². The Morgan fingerprint density at radius 1 is 0.522 bits per heavy atom. The minimum atomic E-state index is -0.332. The molecule has 0 aliphatic rings. The van der Waals surface area contributed by atoms with E-state index in [0.29, 0.717) is 5.82 Å². The topological polar surface area (TPSA) is 64.1 Å². The predicted octanol–water partition coefficient (Wildman–Crippen LogP) is 17.3. The number of phenols is 1. The lowest BCUT2D eigenvalue weighted by Crippen LogP contribution is -2.17. The number of imidazole rings is 1. The van der Waals surface area contributed by atoms with Crippen LogP contribution in [0, 0.1) is 0 Å². The van der Waals surface area contributed by atoms with Crippen LogP contribution in [0.1, 0.15) is 103 Å². The SMILES string of the molecule is CC(C)c1cc(-c2ccccc2)cc(C(C)C)c1-n1c(-c2cc(C(C)(C)C)cc(C(C)(C)C)c2O)nc2c(-c3ccc4c5ccccc5c5c(ccc6c7ccccc7oc65)c4n3)cccc21. The van der Waals surface area contributed by atoms with Crippen molar-refractivity contribution in [2.45, 2.75) is 91.9 Å². The van der Waals surface area contributed by atoms with E-state index in [-0.39, 0.29) is 28.4 Å². The number of furan rings is 1. The maximum absolute atomic E-state index is 12.7. The fourth-order valence-electron chi connectivity index (χ4n) is 10.4. The van der Waals surface area contributed by atoms with Crippen LogP contribution < -0.4 is 0 Å². The van der Waals surface area contributed by atoms with Gasteiger partial charge in [0.2, 0.25) is 0 Å². The van der Waals surface area contributed by atoms with Gasteiger partial charge in [-0.1, -0.05) is 166 Å². The monoisotopic (exact) mass is 875 g/mol. The molecule has 0 radical (unpaired) electrons. The van der Waals surface area contributed by atoms with E-state index >= 15 is 0 Å². The molecule has 11 rings (SSSR count). The summed E-state index contributed by atoms with van der Waals surface area (Å²) in [6.07, 6.45) is 0. The molecular formula is C62H57N3O2. The summed E-state index contributed by atoms with van der Waals surface area (Å²) in [6, 6.07) is 51.9. The van der Waals surface area contributed by atoms with E-state index in [4.69, 9.17) is 14.4 Å². The van der Waals surface area contributed by atoms with Gasteiger partial charge >= 0.3 is 0 Å². The molecule has 0 aliphatic heterocycles. The summed E-state index contributed by atoms with van der Waals surface area (Å²) in [6.45, 7) is 22.4. The Balaban J connectivity index is 1.25. The largest absolute Gasteiger partial charge is 0.507 e. The van der Waals surface area contributed by atoms with Gasteiger partial charge in [-0.3, -0.25) is 4.57 Å². The molecule has 5 heteroatoms. The van der Waals surface area contributed by atoms with Crippen molar-refractivity contribution in [3.05, 3.63) is 168 Å². The van der Waals surface area contributed by atoms with Crippen molar-refractivity contribution < 1.29 is 9.52 Å². The maximum atomic E-state index is 12.7. The number of phenolic OH excluding ortho intramolecular Hbond substituents is 1. The summed E-state index contributed by atoms with van der Waals surface area (Å²) in [4.78, 5) is 11.4. The third-order valence-electron chi connectivity index (χ3n) is 13.9. The molecule has 332 valence electrons. The highest BCUT2D eigenvalue weighted by molar-refractivity contribution is 6.31. The summed E-state index contributed by atoms with van der Waals surface area (Å²) in [5.41, 5.74) is 14.3. The summed E-state index contributed by atoms with van der Waals surface area (Å²) < 4.78 is 9.04. The Hall–Kier alpha value is -7.24. The van der Waals surface area contributed by atoms with Crippen molar-refractivity contribution >= 4 is 65.4 Å². The van der Waals surface area contributed by atoms with E-state index < -0.39 is 0 Å². The number of fused-ring (bicyclic) bond motifs is 11. The standard InChI is InChI=1S/C62H57N3O2/c1-35(2)47-31-38(37-19-12-11-13-20-37)32-48(36(3)4)57(47)65-52-25-18-24-45(56(52)64-60(65)49-33-39(61(5,6)7)34-50(58(49)66)62(8,9)10)51-30-29-43-40-21-14-15-23-42(40)54-46(55(43)63-51)28-27-44-41-22-16-17-26-53(41)67-59(44)54/h11-36,66H,1-10H3. The highest BCUT2D eigenvalue weighted by Crippen LogP contribution is 2.48. The molecule has 67 heavy (non-hydrogen) atoms. The Morgan fingerprint density at radius 2 is 1.16 bits per heavy atom. The number of aromatic nitrogens is 3. The summed E-state index contributed by atoms with van der Waals surface area (Å²) in [5.74, 6) is 1.31. The van der Waals surface area contributed by atoms with E-state index in [9.17, 15) is 5.11 Å². The van der Waals surface area contributed by atoms with Crippen LogP contribution in [0.4, 0.5) is 0 Å². The third kappa shape index (κ3) is 6.81. The lowest BCUT2D eigenvalue weighted by Gasteiger charge is -2.28. The van der Waals surface area contributed by atoms with E-state index in [1.807, 2.05) is 12.1 Å². The van der Waals surface area contributed by atoms with Crippen molar-refractivity contribution in [2.75, 3.05) is 0 Å². The highest BCUT2D eigenvalue weighted by atomic mass is 16.3. The molecule has 0 amide bonds. The molecule has 5 nitrogen and oxygen atoms in total. The lowest BCUT2D eigenvalue weighted by molar-refractivity contribution is 0.446. The van der Waals surface area contributed by atoms with Gasteiger partial charge in [0, 0.05) is 38.1 Å². The third-order valence-corrected chi connectivity index (χ3v) is 13.9. The van der Waals surface area contributed by atoms with Gasteiger partial charge in [-0.15, -0.1) is 0 Å². The second kappa shape index (κ2) is 15.4. The minimum absolute atomic E-state index is 0.174. The van der Waals surface area contributed by atoms with E-state index in [1.54, 1.807) is 0 Å². The fraction of sp³-hybridized carbons (Fsp3) is 0.226. The molecular weight excluding hydrogens is 819 g/mol. The van der Waals surface area contributed by atoms with Gasteiger partial charge in [-0.25, -0.2) is 9.97 Å². The smallest absolute Gasteiger partial charge is 0.149 e. The Morgan fingerprint density at radius 3 is 1.85 bits per heavy atom. The predicted molar refractivity (Wildman–Crippen MR) is 282 cm³/mol. The van der Waals surface area contributed by atoms with Crippen molar-refractivity contribution in [1.29, 1.82) is 0 Å². The van der Waals surface area contributed by atoms with Gasteiger partial charge in [0.25, 0.3) is 0 Å². The Kier molecular flexibility index (Phi) is 9.76. The van der Waals surface area contributed by atoms with Crippen molar-refractivity contribution in [3.63, 3.8) is 0 Å². The maximum Gasteiger partial charge on any atom is 0.149 e. The molecule has 3 heterocycles. The zero-order valence-electron chi connectivity index (χ0n) is 40.2. The van der Waals surface area contributed by atoms with Crippen LogP contribution >= 0.6 is 0 Å². The first kappa shape index (κ1) is 42.4. The number of rotatable bonds is 6. The van der Waals surface area contributed by atoms with Crippen LogP contribution in [0.5, 0.6) is 5.75 Å². The minimum Gasteiger partial charge on any atom is -0.507 e. The van der Waals surface area contributed by atoms with Crippen LogP contribution in [-0.2, 0) is 10.8 Å². The highest BCUT2D eigenvalue weighted by Gasteiger charge is 2.31. The first-order valence-electron chi connectivity index (χ1n) is 23.8. The van der Waals surface area contributed by atoms with Crippen molar-refractivity contribution in [3.8, 4) is 45.2 Å². The fourth-order valence-corrected chi connectivity index (χ4v) is 10.4. The molecule has 1 N–H and O–H groups in total. The number of aromatic hydroxyl groups is 1. The molecule has 11 aromatic rings. The zero-order valence-corrected chi connectivity index (χ0v) is 40.2. The number of benzene rings is 8. The summed E-state index contributed by atoms with van der Waals surface area (Å²) in [5, 5.41) is 20.3. The second-order valence-corrected chi connectivity index (χ2v) is 21.1. The van der Waals surface area contributed by atoms with Gasteiger partial charge in [-0.2, -0.15) is 0 Å². The molecule has 0 unspecified atom stereocenters.